The van der Waals surface area contributed by atoms with E-state index in [4.69, 9.17) is 0 Å². The maximum atomic E-state index is 11.5. The summed E-state index contributed by atoms with van der Waals surface area (Å²) in [5.74, 6) is 0.896. The Balaban J connectivity index is 2.40. The number of nitrogens with zero attached hydrogens (tertiary/aromatic N) is 1. The highest BCUT2D eigenvalue weighted by Crippen LogP contribution is 2.18. The minimum absolute atomic E-state index is 0.119. The molecular formula is C13H28N2O3S. The molecule has 0 amide bonds. The quantitative estimate of drug-likeness (QED) is 0.723. The molecule has 0 bridgehead atoms. The van der Waals surface area contributed by atoms with Crippen LogP contribution in [0.1, 0.15) is 33.1 Å². The molecule has 0 aromatic carbocycles. The number of hydrogen-bond donors (Lipinski definition) is 2. The van der Waals surface area contributed by atoms with Crippen molar-refractivity contribution in [2.45, 2.75) is 39.2 Å². The second kappa shape index (κ2) is 7.57. The lowest BCUT2D eigenvalue weighted by Crippen LogP contribution is -2.44. The highest BCUT2D eigenvalue weighted by atomic mass is 32.2. The molecule has 1 heterocycles. The van der Waals surface area contributed by atoms with Gasteiger partial charge in [0.05, 0.1) is 12.9 Å². The first-order valence-electron chi connectivity index (χ1n) is 7.12. The van der Waals surface area contributed by atoms with E-state index < -0.39 is 10.0 Å². The number of aliphatic hydroxyl groups excluding tert-OH is 1. The smallest absolute Gasteiger partial charge is 0.211 e. The zero-order valence-electron chi connectivity index (χ0n) is 12.3. The van der Waals surface area contributed by atoms with Crippen LogP contribution >= 0.6 is 0 Å². The van der Waals surface area contributed by atoms with Crippen LogP contribution in [0.4, 0.5) is 0 Å². The largest absolute Gasteiger partial charge is 0.395 e. The summed E-state index contributed by atoms with van der Waals surface area (Å²) >= 11 is 0. The van der Waals surface area contributed by atoms with Crippen LogP contribution in [0.15, 0.2) is 0 Å². The fourth-order valence-electron chi connectivity index (χ4n) is 2.62. The molecule has 114 valence electrons. The van der Waals surface area contributed by atoms with E-state index >= 15 is 0 Å². The van der Waals surface area contributed by atoms with Gasteiger partial charge in [0.1, 0.15) is 0 Å². The van der Waals surface area contributed by atoms with Crippen LogP contribution in [-0.2, 0) is 10.0 Å². The monoisotopic (exact) mass is 292 g/mol. The molecule has 1 fully saturated rings. The number of hydrogen-bond acceptors (Lipinski definition) is 4. The Hall–Kier alpha value is -0.170. The third kappa shape index (κ3) is 6.21. The van der Waals surface area contributed by atoms with Gasteiger partial charge in [-0.3, -0.25) is 0 Å². The highest BCUT2D eigenvalue weighted by molar-refractivity contribution is 7.88. The first-order chi connectivity index (χ1) is 8.82. The summed E-state index contributed by atoms with van der Waals surface area (Å²) in [7, 11) is -3.07. The van der Waals surface area contributed by atoms with Crippen molar-refractivity contribution < 1.29 is 13.5 Å². The predicted molar refractivity (Wildman–Crippen MR) is 77.5 cm³/mol. The average molecular weight is 292 g/mol. The maximum absolute atomic E-state index is 11.5. The van der Waals surface area contributed by atoms with Crippen molar-refractivity contribution in [2.24, 2.45) is 11.8 Å². The Morgan fingerprint density at radius 3 is 2.63 bits per heavy atom. The third-order valence-electron chi connectivity index (χ3n) is 3.62. The second-order valence-corrected chi connectivity index (χ2v) is 8.03. The molecule has 0 aromatic rings. The number of piperidine rings is 1. The van der Waals surface area contributed by atoms with E-state index in [0.717, 1.165) is 25.8 Å². The van der Waals surface area contributed by atoms with Crippen LogP contribution < -0.4 is 5.32 Å². The molecule has 1 aliphatic rings. The van der Waals surface area contributed by atoms with Crippen molar-refractivity contribution in [1.29, 1.82) is 0 Å². The van der Waals surface area contributed by atoms with Crippen LogP contribution in [0.5, 0.6) is 0 Å². The van der Waals surface area contributed by atoms with Crippen LogP contribution in [0.25, 0.3) is 0 Å². The van der Waals surface area contributed by atoms with Gasteiger partial charge in [0.25, 0.3) is 0 Å². The molecule has 1 aliphatic heterocycles. The average Bonchev–Trinajstić information content (AvgIpc) is 2.33. The summed E-state index contributed by atoms with van der Waals surface area (Å²) < 4.78 is 24.6. The van der Waals surface area contributed by atoms with E-state index in [1.165, 1.54) is 6.26 Å². The molecular weight excluding hydrogens is 264 g/mol. The van der Waals surface area contributed by atoms with Crippen LogP contribution in [-0.4, -0.2) is 56.4 Å². The molecule has 19 heavy (non-hydrogen) atoms. The minimum Gasteiger partial charge on any atom is -0.395 e. The number of aliphatic hydroxyl groups is 1. The van der Waals surface area contributed by atoms with Crippen molar-refractivity contribution in [3.63, 3.8) is 0 Å². The molecule has 0 aliphatic carbocycles. The fourth-order valence-corrected chi connectivity index (χ4v) is 3.56. The Morgan fingerprint density at radius 2 is 2.11 bits per heavy atom. The van der Waals surface area contributed by atoms with Crippen LogP contribution in [0.2, 0.25) is 0 Å². The van der Waals surface area contributed by atoms with Gasteiger partial charge in [-0.2, -0.15) is 0 Å². The Bertz CT molecular complexity index is 357. The highest BCUT2D eigenvalue weighted by Gasteiger charge is 2.26. The van der Waals surface area contributed by atoms with Crippen molar-refractivity contribution in [1.82, 2.24) is 9.62 Å². The first kappa shape index (κ1) is 16.9. The van der Waals surface area contributed by atoms with Crippen molar-refractivity contribution in [3.8, 4) is 0 Å². The van der Waals surface area contributed by atoms with Gasteiger partial charge in [-0.15, -0.1) is 0 Å². The van der Waals surface area contributed by atoms with E-state index in [1.54, 1.807) is 4.31 Å². The Morgan fingerprint density at radius 1 is 1.42 bits per heavy atom. The lowest BCUT2D eigenvalue weighted by atomic mass is 9.98. The van der Waals surface area contributed by atoms with Gasteiger partial charge in [0.15, 0.2) is 0 Å². The lowest BCUT2D eigenvalue weighted by Gasteiger charge is -2.32. The standard InChI is InChI=1S/C13H28N2O3S/c1-11(2)7-13(10-16)14-8-12-5-4-6-15(9-12)19(3,17)18/h11-14,16H,4-10H2,1-3H3. The summed E-state index contributed by atoms with van der Waals surface area (Å²) in [5, 5.41) is 12.7. The van der Waals surface area contributed by atoms with Gasteiger partial charge in [-0.05, 0) is 37.6 Å². The zero-order valence-corrected chi connectivity index (χ0v) is 13.1. The number of sulfonamides is 1. The van der Waals surface area contributed by atoms with Crippen molar-refractivity contribution in [2.75, 3.05) is 32.5 Å². The molecule has 6 heteroatoms. The van der Waals surface area contributed by atoms with E-state index in [1.807, 2.05) is 0 Å². The summed E-state index contributed by atoms with van der Waals surface area (Å²) in [6, 6.07) is 0.119. The van der Waals surface area contributed by atoms with Gasteiger partial charge in [0, 0.05) is 19.1 Å². The lowest BCUT2D eigenvalue weighted by molar-refractivity contribution is 0.203. The molecule has 1 saturated heterocycles. The molecule has 5 nitrogen and oxygen atoms in total. The topological polar surface area (TPSA) is 69.6 Å². The zero-order chi connectivity index (χ0) is 14.5. The van der Waals surface area contributed by atoms with Crippen molar-refractivity contribution >= 4 is 10.0 Å². The SMILES string of the molecule is CC(C)CC(CO)NCC1CCCN(S(C)(=O)=O)C1. The number of rotatable bonds is 7. The molecule has 0 spiro atoms. The normalized spacial score (nSPS) is 23.7. The van der Waals surface area contributed by atoms with E-state index in [-0.39, 0.29) is 12.6 Å². The second-order valence-electron chi connectivity index (χ2n) is 6.05. The molecule has 1 rings (SSSR count). The van der Waals surface area contributed by atoms with Crippen LogP contribution in [0.3, 0.4) is 0 Å². The van der Waals surface area contributed by atoms with E-state index in [2.05, 4.69) is 19.2 Å². The third-order valence-corrected chi connectivity index (χ3v) is 4.89. The van der Waals surface area contributed by atoms with E-state index in [9.17, 15) is 13.5 Å². The molecule has 0 radical (unpaired) electrons. The molecule has 2 N–H and O–H groups in total. The first-order valence-corrected chi connectivity index (χ1v) is 8.97. The molecule has 0 aromatic heterocycles. The summed E-state index contributed by atoms with van der Waals surface area (Å²) in [5.41, 5.74) is 0. The summed E-state index contributed by atoms with van der Waals surface area (Å²) in [4.78, 5) is 0. The number of nitrogens with one attached hydrogen (secondary N) is 1. The van der Waals surface area contributed by atoms with Gasteiger partial charge in [0.2, 0.25) is 10.0 Å². The van der Waals surface area contributed by atoms with Crippen molar-refractivity contribution in [3.05, 3.63) is 0 Å². The van der Waals surface area contributed by atoms with Crippen LogP contribution in [0, 0.1) is 11.8 Å². The minimum atomic E-state index is -3.07. The fraction of sp³-hybridized carbons (Fsp3) is 1.00. The summed E-state index contributed by atoms with van der Waals surface area (Å²) in [6.07, 6.45) is 4.20. The summed E-state index contributed by atoms with van der Waals surface area (Å²) in [6.45, 7) is 6.44. The van der Waals surface area contributed by atoms with Gasteiger partial charge in [-0.1, -0.05) is 13.8 Å². The van der Waals surface area contributed by atoms with Gasteiger partial charge < -0.3 is 10.4 Å². The maximum Gasteiger partial charge on any atom is 0.211 e. The molecule has 0 saturated carbocycles. The Kier molecular flexibility index (Phi) is 6.73. The predicted octanol–water partition coefficient (Wildman–Crippen LogP) is 0.655. The van der Waals surface area contributed by atoms with E-state index in [0.29, 0.717) is 24.9 Å². The van der Waals surface area contributed by atoms with Gasteiger partial charge in [-0.25, -0.2) is 12.7 Å². The molecule has 2 atom stereocenters. The Labute approximate surface area is 117 Å². The van der Waals surface area contributed by atoms with Gasteiger partial charge >= 0.3 is 0 Å². The molecule has 2 unspecified atom stereocenters.